The second kappa shape index (κ2) is 5.15. The predicted molar refractivity (Wildman–Crippen MR) is 79.6 cm³/mol. The van der Waals surface area contributed by atoms with Crippen LogP contribution >= 0.6 is 0 Å². The van der Waals surface area contributed by atoms with Crippen molar-refractivity contribution in [3.05, 3.63) is 65.6 Å². The van der Waals surface area contributed by atoms with Gasteiger partial charge in [-0.2, -0.15) is 5.26 Å². The number of fused-ring (bicyclic) bond motifs is 1. The highest BCUT2D eigenvalue weighted by atomic mass is 32.2. The van der Waals surface area contributed by atoms with E-state index < -0.39 is 16.8 Å². The van der Waals surface area contributed by atoms with E-state index in [-0.39, 0.29) is 11.1 Å². The topological polar surface area (TPSA) is 45.8 Å². The largest absolute Gasteiger partial charge is 0.257 e. The molecule has 2 aromatic carbocycles. The van der Waals surface area contributed by atoms with Crippen molar-refractivity contribution in [2.24, 2.45) is 0 Å². The van der Waals surface area contributed by atoms with Crippen molar-refractivity contribution in [3.63, 3.8) is 0 Å². The van der Waals surface area contributed by atoms with Crippen LogP contribution in [-0.4, -0.2) is 8.18 Å². The number of aromatic nitrogens is 1. The molecule has 3 nitrogen and oxygen atoms in total. The third kappa shape index (κ3) is 2.24. The molecule has 1 aromatic heterocycles. The minimum atomic E-state index is -1.53. The van der Waals surface area contributed by atoms with Gasteiger partial charge in [0.25, 0.3) is 0 Å². The van der Waals surface area contributed by atoms with Crippen LogP contribution in [-0.2, 0) is 11.0 Å². The highest BCUT2D eigenvalue weighted by molar-refractivity contribution is 7.83. The van der Waals surface area contributed by atoms with Crippen LogP contribution in [0.4, 0.5) is 4.39 Å². The number of hydrogen-bond acceptors (Lipinski definition) is 2. The summed E-state index contributed by atoms with van der Waals surface area (Å²) in [6.07, 6.45) is 0. The van der Waals surface area contributed by atoms with E-state index in [1.54, 1.807) is 43.3 Å². The first-order valence-corrected chi connectivity index (χ1v) is 7.41. The molecule has 1 heterocycles. The fourth-order valence-electron chi connectivity index (χ4n) is 2.33. The lowest BCUT2D eigenvalue weighted by atomic mass is 10.1. The minimum absolute atomic E-state index is 0.252. The molecule has 0 fully saturated rings. The van der Waals surface area contributed by atoms with Gasteiger partial charge in [-0.3, -0.25) is 3.97 Å². The molecule has 3 aromatic rings. The molecular formula is C16H11FN2OS. The van der Waals surface area contributed by atoms with Crippen LogP contribution in [0.3, 0.4) is 0 Å². The van der Waals surface area contributed by atoms with E-state index in [4.69, 9.17) is 5.26 Å². The molecule has 3 rings (SSSR count). The first kappa shape index (κ1) is 13.5. The van der Waals surface area contributed by atoms with Crippen molar-refractivity contribution >= 4 is 21.9 Å². The average Bonchev–Trinajstić information content (AvgIpc) is 2.83. The van der Waals surface area contributed by atoms with E-state index >= 15 is 0 Å². The smallest absolute Gasteiger partial charge is 0.157 e. The molecule has 21 heavy (non-hydrogen) atoms. The van der Waals surface area contributed by atoms with Gasteiger partial charge < -0.3 is 0 Å². The van der Waals surface area contributed by atoms with Crippen molar-refractivity contribution in [3.8, 4) is 6.07 Å². The van der Waals surface area contributed by atoms with Crippen LogP contribution in [0, 0.1) is 24.1 Å². The second-order valence-electron chi connectivity index (χ2n) is 4.65. The van der Waals surface area contributed by atoms with Gasteiger partial charge in [-0.1, -0.05) is 18.2 Å². The zero-order chi connectivity index (χ0) is 15.0. The molecule has 104 valence electrons. The fourth-order valence-corrected chi connectivity index (χ4v) is 3.60. The van der Waals surface area contributed by atoms with E-state index in [0.29, 0.717) is 16.0 Å². The highest BCUT2D eigenvalue weighted by Gasteiger charge is 2.17. The average molecular weight is 298 g/mol. The summed E-state index contributed by atoms with van der Waals surface area (Å²) in [5.41, 5.74) is 1.19. The van der Waals surface area contributed by atoms with Gasteiger partial charge in [0.15, 0.2) is 11.0 Å². The van der Waals surface area contributed by atoms with Crippen LogP contribution in [0.25, 0.3) is 10.9 Å². The molecular weight excluding hydrogens is 287 g/mol. The lowest BCUT2D eigenvalue weighted by Gasteiger charge is -2.08. The molecule has 0 aliphatic heterocycles. The number of aryl methyl sites for hydroxylation is 1. The number of rotatable bonds is 2. The molecule has 0 N–H and O–H groups in total. The lowest BCUT2D eigenvalue weighted by molar-refractivity contribution is 0.633. The molecule has 0 radical (unpaired) electrons. The molecule has 0 saturated carbocycles. The van der Waals surface area contributed by atoms with Crippen molar-refractivity contribution in [1.82, 2.24) is 3.97 Å². The summed E-state index contributed by atoms with van der Waals surface area (Å²) in [6, 6.07) is 15.3. The van der Waals surface area contributed by atoms with Crippen molar-refractivity contribution < 1.29 is 8.60 Å². The predicted octanol–water partition coefficient (Wildman–Crippen LogP) is 3.53. The van der Waals surface area contributed by atoms with Gasteiger partial charge in [0.2, 0.25) is 0 Å². The molecule has 0 aliphatic carbocycles. The molecule has 0 spiro atoms. The number of halogens is 1. The quantitative estimate of drug-likeness (QED) is 0.726. The van der Waals surface area contributed by atoms with E-state index in [9.17, 15) is 8.60 Å². The van der Waals surface area contributed by atoms with Gasteiger partial charge >= 0.3 is 0 Å². The van der Waals surface area contributed by atoms with Gasteiger partial charge in [-0.05, 0) is 37.3 Å². The molecule has 0 amide bonds. The van der Waals surface area contributed by atoms with Crippen LogP contribution in [0.15, 0.2) is 53.4 Å². The normalized spacial score (nSPS) is 12.2. The van der Waals surface area contributed by atoms with Gasteiger partial charge in [0.05, 0.1) is 22.0 Å². The summed E-state index contributed by atoms with van der Waals surface area (Å²) in [5.74, 6) is -0.540. The summed E-state index contributed by atoms with van der Waals surface area (Å²) in [7, 11) is -1.53. The molecule has 0 aliphatic rings. The van der Waals surface area contributed by atoms with Crippen LogP contribution < -0.4 is 0 Å². The van der Waals surface area contributed by atoms with E-state index in [0.717, 1.165) is 0 Å². The summed E-state index contributed by atoms with van der Waals surface area (Å²) < 4.78 is 28.4. The highest BCUT2D eigenvalue weighted by Crippen LogP contribution is 2.26. The molecule has 5 heteroatoms. The summed E-state index contributed by atoms with van der Waals surface area (Å²) >= 11 is 0. The Bertz CT molecular complexity index is 894. The standard InChI is InChI=1S/C16H11FN2OS/c1-11-7-13-8-12(10-18)9-15(17)16(13)19(11)21(20)14-5-3-2-4-6-14/h2-9H,1H3. The summed E-state index contributed by atoms with van der Waals surface area (Å²) in [5, 5.41) is 9.48. The van der Waals surface area contributed by atoms with E-state index in [1.165, 1.54) is 10.0 Å². The van der Waals surface area contributed by atoms with E-state index in [1.807, 2.05) is 12.1 Å². The SMILES string of the molecule is Cc1cc2cc(C#N)cc(F)c2n1S(=O)c1ccccc1. The number of benzene rings is 2. The zero-order valence-electron chi connectivity index (χ0n) is 11.2. The molecule has 1 atom stereocenters. The van der Waals surface area contributed by atoms with Crippen molar-refractivity contribution in [2.75, 3.05) is 0 Å². The number of nitrogens with zero attached hydrogens (tertiary/aromatic N) is 2. The third-order valence-electron chi connectivity index (χ3n) is 3.22. The first-order chi connectivity index (χ1) is 10.1. The van der Waals surface area contributed by atoms with Crippen LogP contribution in [0.5, 0.6) is 0 Å². The summed E-state index contributed by atoms with van der Waals surface area (Å²) in [4.78, 5) is 0.599. The van der Waals surface area contributed by atoms with E-state index in [2.05, 4.69) is 0 Å². The Kier molecular flexibility index (Phi) is 3.32. The van der Waals surface area contributed by atoms with Gasteiger partial charge in [0, 0.05) is 11.1 Å². The van der Waals surface area contributed by atoms with Crippen LogP contribution in [0.2, 0.25) is 0 Å². The monoisotopic (exact) mass is 298 g/mol. The Hall–Kier alpha value is -2.45. The Labute approximate surface area is 123 Å². The van der Waals surface area contributed by atoms with Gasteiger partial charge in [0.1, 0.15) is 5.82 Å². The number of nitriles is 1. The molecule has 1 unspecified atom stereocenters. The molecule has 0 saturated heterocycles. The lowest BCUT2D eigenvalue weighted by Crippen LogP contribution is -2.07. The maximum absolute atomic E-state index is 14.3. The third-order valence-corrected chi connectivity index (χ3v) is 4.70. The summed E-state index contributed by atoms with van der Waals surface area (Å²) in [6.45, 7) is 1.77. The van der Waals surface area contributed by atoms with Crippen molar-refractivity contribution in [1.29, 1.82) is 5.26 Å². The molecule has 0 bridgehead atoms. The van der Waals surface area contributed by atoms with Gasteiger partial charge in [-0.15, -0.1) is 0 Å². The van der Waals surface area contributed by atoms with Crippen LogP contribution in [0.1, 0.15) is 11.3 Å². The number of hydrogen-bond donors (Lipinski definition) is 0. The Morgan fingerprint density at radius 1 is 1.19 bits per heavy atom. The maximum Gasteiger partial charge on any atom is 0.157 e. The second-order valence-corrected chi connectivity index (χ2v) is 5.98. The Morgan fingerprint density at radius 2 is 1.90 bits per heavy atom. The first-order valence-electron chi connectivity index (χ1n) is 6.31. The Balaban J connectivity index is 2.27. The van der Waals surface area contributed by atoms with Gasteiger partial charge in [-0.25, -0.2) is 8.60 Å². The Morgan fingerprint density at radius 3 is 2.57 bits per heavy atom. The fraction of sp³-hybridized carbons (Fsp3) is 0.0625. The maximum atomic E-state index is 14.3. The van der Waals surface area contributed by atoms with Crippen molar-refractivity contribution in [2.45, 2.75) is 11.8 Å². The zero-order valence-corrected chi connectivity index (χ0v) is 12.0. The minimum Gasteiger partial charge on any atom is -0.257 e.